The molecule has 88 valence electrons. The molecular weight excluding hydrogens is 364 g/mol. The predicted octanol–water partition coefficient (Wildman–Crippen LogP) is 3.27. The van der Waals surface area contributed by atoms with E-state index in [1.165, 1.54) is 9.79 Å². The van der Waals surface area contributed by atoms with Gasteiger partial charge in [-0.2, -0.15) is 0 Å². The van der Waals surface area contributed by atoms with Crippen molar-refractivity contribution < 1.29 is 0 Å². The summed E-state index contributed by atoms with van der Waals surface area (Å²) in [5.41, 5.74) is 13.5. The Morgan fingerprint density at radius 3 is 1.53 bits per heavy atom. The molecule has 0 amide bonds. The van der Waals surface area contributed by atoms with Crippen molar-refractivity contribution in [1.29, 1.82) is 0 Å². The quantitative estimate of drug-likeness (QED) is 0.636. The molecule has 2 nitrogen and oxygen atoms in total. The first-order chi connectivity index (χ1) is 8.27. The first-order valence-electron chi connectivity index (χ1n) is 4.97. The summed E-state index contributed by atoms with van der Waals surface area (Å²) in [6.07, 6.45) is 0. The number of rotatable bonds is 4. The van der Waals surface area contributed by atoms with Gasteiger partial charge in [0.25, 0.3) is 0 Å². The standard InChI is InChI=1S/C12H12N2S2Te/c13-9-5-1-3-7-11(9)15-17-16-12-8-4-2-6-10(12)14/h1-8H,13-14H2. The van der Waals surface area contributed by atoms with E-state index >= 15 is 0 Å². The van der Waals surface area contributed by atoms with Gasteiger partial charge in [0.15, 0.2) is 0 Å². The molecule has 0 aromatic heterocycles. The molecule has 17 heavy (non-hydrogen) atoms. The number of nitrogen functional groups attached to an aromatic ring is 2. The van der Waals surface area contributed by atoms with Gasteiger partial charge >= 0.3 is 117 Å². The molecular formula is C12H12N2S2Te. The van der Waals surface area contributed by atoms with Crippen LogP contribution in [0, 0.1) is 0 Å². The molecule has 0 spiro atoms. The average molecular weight is 376 g/mol. The van der Waals surface area contributed by atoms with Gasteiger partial charge in [-0.1, -0.05) is 0 Å². The summed E-state index contributed by atoms with van der Waals surface area (Å²) >= 11 is -0.274. The summed E-state index contributed by atoms with van der Waals surface area (Å²) in [6.45, 7) is 0. The van der Waals surface area contributed by atoms with Crippen molar-refractivity contribution in [3.63, 3.8) is 0 Å². The Morgan fingerprint density at radius 1 is 0.706 bits per heavy atom. The maximum atomic E-state index is 5.90. The van der Waals surface area contributed by atoms with Crippen LogP contribution in [0.3, 0.4) is 0 Å². The van der Waals surface area contributed by atoms with Gasteiger partial charge in [0.05, 0.1) is 0 Å². The Bertz CT molecular complexity index is 460. The minimum absolute atomic E-state index is 0.274. The molecule has 0 aliphatic heterocycles. The first-order valence-corrected chi connectivity index (χ1v) is 12.2. The van der Waals surface area contributed by atoms with Crippen LogP contribution in [0.4, 0.5) is 11.4 Å². The monoisotopic (exact) mass is 378 g/mol. The zero-order valence-electron chi connectivity index (χ0n) is 9.00. The van der Waals surface area contributed by atoms with Crippen LogP contribution in [0.5, 0.6) is 0 Å². The molecule has 0 atom stereocenters. The summed E-state index contributed by atoms with van der Waals surface area (Å²) in [5.74, 6) is 0. The van der Waals surface area contributed by atoms with Gasteiger partial charge < -0.3 is 0 Å². The van der Waals surface area contributed by atoms with Crippen LogP contribution in [-0.4, -0.2) is 18.2 Å². The van der Waals surface area contributed by atoms with E-state index in [9.17, 15) is 0 Å². The number of benzene rings is 2. The van der Waals surface area contributed by atoms with Crippen molar-refractivity contribution in [1.82, 2.24) is 0 Å². The Balaban J connectivity index is 1.93. The third kappa shape index (κ3) is 3.75. The van der Waals surface area contributed by atoms with Crippen LogP contribution in [-0.2, 0) is 0 Å². The van der Waals surface area contributed by atoms with Crippen LogP contribution in [0.1, 0.15) is 0 Å². The molecule has 2 aromatic rings. The summed E-state index contributed by atoms with van der Waals surface area (Å²) in [7, 11) is 3.73. The van der Waals surface area contributed by atoms with Crippen molar-refractivity contribution >= 4 is 47.5 Å². The van der Waals surface area contributed by atoms with Gasteiger partial charge in [-0.15, -0.1) is 0 Å². The van der Waals surface area contributed by atoms with E-state index in [2.05, 4.69) is 12.1 Å². The van der Waals surface area contributed by atoms with Gasteiger partial charge in [0, 0.05) is 0 Å². The van der Waals surface area contributed by atoms with Crippen LogP contribution < -0.4 is 11.5 Å². The summed E-state index contributed by atoms with van der Waals surface area (Å²) in [5, 5.41) is 0. The van der Waals surface area contributed by atoms with Crippen molar-refractivity contribution in [3.05, 3.63) is 48.5 Å². The molecule has 4 N–H and O–H groups in total. The molecule has 0 radical (unpaired) electrons. The van der Waals surface area contributed by atoms with E-state index in [4.69, 9.17) is 11.5 Å². The van der Waals surface area contributed by atoms with Crippen LogP contribution in [0.15, 0.2) is 58.3 Å². The average Bonchev–Trinajstić information content (AvgIpc) is 2.34. The van der Waals surface area contributed by atoms with E-state index in [0.29, 0.717) is 0 Å². The Labute approximate surface area is 117 Å². The normalized spacial score (nSPS) is 10.4. The summed E-state index contributed by atoms with van der Waals surface area (Å²) in [6, 6.07) is 16.0. The topological polar surface area (TPSA) is 52.0 Å². The fourth-order valence-corrected chi connectivity index (χ4v) is 9.76. The van der Waals surface area contributed by atoms with Gasteiger partial charge in [0.2, 0.25) is 0 Å². The number of hydrogen-bond donors (Lipinski definition) is 2. The van der Waals surface area contributed by atoms with E-state index in [-0.39, 0.29) is 18.2 Å². The molecule has 0 saturated heterocycles. The number of hydrogen-bond acceptors (Lipinski definition) is 4. The molecule has 0 unspecified atom stereocenters. The molecule has 0 bridgehead atoms. The molecule has 0 saturated carbocycles. The van der Waals surface area contributed by atoms with Gasteiger partial charge in [-0.25, -0.2) is 0 Å². The van der Waals surface area contributed by atoms with Crippen molar-refractivity contribution in [2.75, 3.05) is 11.5 Å². The zero-order valence-corrected chi connectivity index (χ0v) is 13.0. The number of anilines is 2. The van der Waals surface area contributed by atoms with Crippen LogP contribution in [0.25, 0.3) is 0 Å². The molecule has 0 heterocycles. The molecule has 5 heteroatoms. The van der Waals surface area contributed by atoms with E-state index < -0.39 is 0 Å². The molecule has 0 aliphatic carbocycles. The number of para-hydroxylation sites is 2. The van der Waals surface area contributed by atoms with Crippen molar-refractivity contribution in [2.24, 2.45) is 0 Å². The molecule has 0 fully saturated rings. The van der Waals surface area contributed by atoms with E-state index in [0.717, 1.165) is 11.4 Å². The predicted molar refractivity (Wildman–Crippen MR) is 79.2 cm³/mol. The second kappa shape index (κ2) is 6.46. The zero-order chi connectivity index (χ0) is 12.1. The fourth-order valence-electron chi connectivity index (χ4n) is 1.20. The Hall–Kier alpha value is -0.470. The van der Waals surface area contributed by atoms with Crippen LogP contribution >= 0.6 is 18.0 Å². The summed E-state index contributed by atoms with van der Waals surface area (Å²) in [4.78, 5) is 2.36. The van der Waals surface area contributed by atoms with E-state index in [1.807, 2.05) is 54.4 Å². The molecule has 0 aliphatic rings. The maximum absolute atomic E-state index is 5.90. The van der Waals surface area contributed by atoms with Gasteiger partial charge in [0.1, 0.15) is 0 Å². The third-order valence-corrected chi connectivity index (χ3v) is 10.3. The van der Waals surface area contributed by atoms with Crippen LogP contribution in [0.2, 0.25) is 0 Å². The first kappa shape index (κ1) is 13.0. The second-order valence-corrected chi connectivity index (χ2v) is 11.4. The number of nitrogens with two attached hydrogens (primary N) is 2. The Morgan fingerprint density at radius 2 is 1.12 bits per heavy atom. The molecule has 2 rings (SSSR count). The van der Waals surface area contributed by atoms with Crippen molar-refractivity contribution in [2.45, 2.75) is 9.79 Å². The fraction of sp³-hybridized carbons (Fsp3) is 0. The minimum atomic E-state index is -0.274. The third-order valence-electron chi connectivity index (χ3n) is 2.09. The Kier molecular flexibility index (Phi) is 4.93. The van der Waals surface area contributed by atoms with E-state index in [1.54, 1.807) is 0 Å². The molecule has 2 aromatic carbocycles. The SMILES string of the molecule is Nc1ccccc1S[Te]Sc1ccccc1N. The summed E-state index contributed by atoms with van der Waals surface area (Å²) < 4.78 is 0. The van der Waals surface area contributed by atoms with Crippen molar-refractivity contribution in [3.8, 4) is 0 Å². The second-order valence-electron chi connectivity index (χ2n) is 3.31. The van der Waals surface area contributed by atoms with Gasteiger partial charge in [-0.05, 0) is 0 Å². The van der Waals surface area contributed by atoms with Gasteiger partial charge in [-0.3, -0.25) is 0 Å².